The third kappa shape index (κ3) is 4.02. The predicted octanol–water partition coefficient (Wildman–Crippen LogP) is 4.99. The standard InChI is InChI=1S/C22H19N3O2S/c1-14-5-9-17(10-6-14)27-13-20(26)24-19-12-16(8-7-15(19)2)21-25-18-4-3-11-23-22(18)28-21/h3-12H,13H2,1-2H3,(H,24,26). The third-order valence-corrected chi connectivity index (χ3v) is 5.34. The number of fused-ring (bicyclic) bond motifs is 1. The van der Waals surface area contributed by atoms with Gasteiger partial charge in [-0.3, -0.25) is 4.79 Å². The molecule has 1 N–H and O–H groups in total. The molecule has 0 radical (unpaired) electrons. The number of anilines is 1. The monoisotopic (exact) mass is 389 g/mol. The lowest BCUT2D eigenvalue weighted by molar-refractivity contribution is -0.118. The molecule has 0 fully saturated rings. The van der Waals surface area contributed by atoms with E-state index >= 15 is 0 Å². The Hall–Kier alpha value is -3.25. The van der Waals surface area contributed by atoms with Crippen molar-refractivity contribution in [2.24, 2.45) is 0 Å². The quantitative estimate of drug-likeness (QED) is 0.522. The SMILES string of the molecule is Cc1ccc(OCC(=O)Nc2cc(-c3nc4cccnc4s3)ccc2C)cc1. The zero-order valence-corrected chi connectivity index (χ0v) is 16.4. The van der Waals surface area contributed by atoms with Crippen LogP contribution in [-0.4, -0.2) is 22.5 Å². The third-order valence-electron chi connectivity index (χ3n) is 4.32. The fourth-order valence-corrected chi connectivity index (χ4v) is 3.66. The smallest absolute Gasteiger partial charge is 0.262 e. The molecule has 0 aliphatic carbocycles. The van der Waals surface area contributed by atoms with E-state index in [0.717, 1.165) is 37.7 Å². The Morgan fingerprint density at radius 2 is 1.93 bits per heavy atom. The average molecular weight is 389 g/mol. The predicted molar refractivity (Wildman–Crippen MR) is 113 cm³/mol. The first-order valence-corrected chi connectivity index (χ1v) is 9.72. The van der Waals surface area contributed by atoms with E-state index in [-0.39, 0.29) is 12.5 Å². The summed E-state index contributed by atoms with van der Waals surface area (Å²) in [5.74, 6) is 0.472. The molecule has 1 amide bonds. The van der Waals surface area contributed by atoms with Gasteiger partial charge in [0.05, 0.1) is 0 Å². The first-order valence-electron chi connectivity index (χ1n) is 8.90. The second kappa shape index (κ2) is 7.78. The molecule has 28 heavy (non-hydrogen) atoms. The van der Waals surface area contributed by atoms with Crippen molar-refractivity contribution in [1.82, 2.24) is 9.97 Å². The number of hydrogen-bond acceptors (Lipinski definition) is 5. The maximum Gasteiger partial charge on any atom is 0.262 e. The highest BCUT2D eigenvalue weighted by Crippen LogP contribution is 2.31. The van der Waals surface area contributed by atoms with Gasteiger partial charge in [-0.1, -0.05) is 41.2 Å². The Kier molecular flexibility index (Phi) is 5.04. The lowest BCUT2D eigenvalue weighted by atomic mass is 10.1. The summed E-state index contributed by atoms with van der Waals surface area (Å²) in [6.07, 6.45) is 1.76. The molecule has 0 aliphatic heterocycles. The van der Waals surface area contributed by atoms with Gasteiger partial charge in [0.2, 0.25) is 0 Å². The van der Waals surface area contributed by atoms with Crippen LogP contribution in [0.5, 0.6) is 5.75 Å². The van der Waals surface area contributed by atoms with Crippen molar-refractivity contribution < 1.29 is 9.53 Å². The Morgan fingerprint density at radius 1 is 1.11 bits per heavy atom. The van der Waals surface area contributed by atoms with Crippen molar-refractivity contribution in [3.8, 4) is 16.3 Å². The number of hydrogen-bond donors (Lipinski definition) is 1. The van der Waals surface area contributed by atoms with Crippen molar-refractivity contribution in [2.75, 3.05) is 11.9 Å². The van der Waals surface area contributed by atoms with Crippen molar-refractivity contribution in [1.29, 1.82) is 0 Å². The molecule has 5 nitrogen and oxygen atoms in total. The number of nitrogens with one attached hydrogen (secondary N) is 1. The van der Waals surface area contributed by atoms with Gasteiger partial charge in [0.15, 0.2) is 6.61 Å². The minimum absolute atomic E-state index is 0.0439. The summed E-state index contributed by atoms with van der Waals surface area (Å²) in [5.41, 5.74) is 4.70. The summed E-state index contributed by atoms with van der Waals surface area (Å²) >= 11 is 1.53. The topological polar surface area (TPSA) is 64.1 Å². The molecule has 0 unspecified atom stereocenters. The van der Waals surface area contributed by atoms with E-state index in [9.17, 15) is 4.79 Å². The van der Waals surface area contributed by atoms with Gasteiger partial charge in [-0.05, 0) is 49.7 Å². The number of aromatic nitrogens is 2. The first kappa shape index (κ1) is 18.1. The minimum atomic E-state index is -0.202. The molecule has 0 saturated heterocycles. The Labute approximate surface area is 167 Å². The van der Waals surface area contributed by atoms with Crippen LogP contribution in [-0.2, 0) is 4.79 Å². The summed E-state index contributed by atoms with van der Waals surface area (Å²) in [4.78, 5) is 22.2. The summed E-state index contributed by atoms with van der Waals surface area (Å²) in [5, 5.41) is 3.81. The number of ether oxygens (including phenoxy) is 1. The number of carbonyl (C=O) groups is 1. The van der Waals surface area contributed by atoms with Crippen LogP contribution in [0.3, 0.4) is 0 Å². The van der Waals surface area contributed by atoms with Gasteiger partial charge < -0.3 is 10.1 Å². The normalized spacial score (nSPS) is 10.8. The molecular weight excluding hydrogens is 370 g/mol. The number of benzene rings is 2. The van der Waals surface area contributed by atoms with Gasteiger partial charge >= 0.3 is 0 Å². The number of nitrogens with zero attached hydrogens (tertiary/aromatic N) is 2. The van der Waals surface area contributed by atoms with Gasteiger partial charge in [-0.15, -0.1) is 0 Å². The molecule has 0 spiro atoms. The van der Waals surface area contributed by atoms with Crippen LogP contribution in [0.4, 0.5) is 5.69 Å². The summed E-state index contributed by atoms with van der Waals surface area (Å²) < 4.78 is 5.56. The van der Waals surface area contributed by atoms with Gasteiger partial charge in [0, 0.05) is 17.4 Å². The fraction of sp³-hybridized carbons (Fsp3) is 0.136. The molecular formula is C22H19N3O2S. The number of thiazole rings is 1. The maximum atomic E-state index is 12.3. The fourth-order valence-electron chi connectivity index (χ4n) is 2.75. The van der Waals surface area contributed by atoms with E-state index in [4.69, 9.17) is 4.74 Å². The van der Waals surface area contributed by atoms with Crippen LogP contribution in [0.15, 0.2) is 60.8 Å². The second-order valence-corrected chi connectivity index (χ2v) is 7.50. The zero-order valence-electron chi connectivity index (χ0n) is 15.6. The van der Waals surface area contributed by atoms with Crippen LogP contribution in [0.25, 0.3) is 20.9 Å². The molecule has 140 valence electrons. The number of amides is 1. The zero-order chi connectivity index (χ0) is 19.5. The average Bonchev–Trinajstić information content (AvgIpc) is 3.13. The summed E-state index contributed by atoms with van der Waals surface area (Å²) in [7, 11) is 0. The van der Waals surface area contributed by atoms with E-state index in [1.807, 2.05) is 68.4 Å². The van der Waals surface area contributed by atoms with Crippen molar-refractivity contribution in [2.45, 2.75) is 13.8 Å². The van der Waals surface area contributed by atoms with Gasteiger partial charge in [0.1, 0.15) is 21.1 Å². The number of aryl methyl sites for hydroxylation is 2. The highest BCUT2D eigenvalue weighted by Gasteiger charge is 2.11. The lowest BCUT2D eigenvalue weighted by Crippen LogP contribution is -2.20. The molecule has 2 heterocycles. The number of rotatable bonds is 5. The van der Waals surface area contributed by atoms with Gasteiger partial charge in [0.25, 0.3) is 5.91 Å². The molecule has 4 aromatic rings. The number of carbonyl (C=O) groups excluding carboxylic acids is 1. The largest absolute Gasteiger partial charge is 0.484 e. The Bertz CT molecular complexity index is 1100. The van der Waals surface area contributed by atoms with E-state index < -0.39 is 0 Å². The molecule has 0 atom stereocenters. The minimum Gasteiger partial charge on any atom is -0.484 e. The van der Waals surface area contributed by atoms with E-state index in [2.05, 4.69) is 15.3 Å². The van der Waals surface area contributed by atoms with Crippen LogP contribution < -0.4 is 10.1 Å². The Balaban J connectivity index is 1.49. The van der Waals surface area contributed by atoms with Crippen molar-refractivity contribution in [3.05, 3.63) is 71.9 Å². The van der Waals surface area contributed by atoms with Gasteiger partial charge in [-0.2, -0.15) is 0 Å². The molecule has 0 saturated carbocycles. The molecule has 2 aromatic carbocycles. The number of pyridine rings is 1. The van der Waals surface area contributed by atoms with E-state index in [1.165, 1.54) is 11.3 Å². The molecule has 2 aromatic heterocycles. The first-order chi connectivity index (χ1) is 13.6. The molecule has 0 aliphatic rings. The van der Waals surface area contributed by atoms with Crippen molar-refractivity contribution >= 4 is 33.3 Å². The maximum absolute atomic E-state index is 12.3. The van der Waals surface area contributed by atoms with Crippen LogP contribution >= 0.6 is 11.3 Å². The van der Waals surface area contributed by atoms with Crippen LogP contribution in [0, 0.1) is 13.8 Å². The second-order valence-electron chi connectivity index (χ2n) is 6.53. The summed E-state index contributed by atoms with van der Waals surface area (Å²) in [6, 6.07) is 17.4. The van der Waals surface area contributed by atoms with Crippen LogP contribution in [0.2, 0.25) is 0 Å². The van der Waals surface area contributed by atoms with Crippen molar-refractivity contribution in [3.63, 3.8) is 0 Å². The molecule has 0 bridgehead atoms. The summed E-state index contributed by atoms with van der Waals surface area (Å²) in [6.45, 7) is 3.92. The van der Waals surface area contributed by atoms with E-state index in [0.29, 0.717) is 5.75 Å². The van der Waals surface area contributed by atoms with Gasteiger partial charge in [-0.25, -0.2) is 9.97 Å². The molecule has 4 rings (SSSR count). The van der Waals surface area contributed by atoms with E-state index in [1.54, 1.807) is 6.20 Å². The highest BCUT2D eigenvalue weighted by atomic mass is 32.1. The van der Waals surface area contributed by atoms with Crippen LogP contribution in [0.1, 0.15) is 11.1 Å². The Morgan fingerprint density at radius 3 is 2.71 bits per heavy atom. The lowest BCUT2D eigenvalue weighted by Gasteiger charge is -2.11. The highest BCUT2D eigenvalue weighted by molar-refractivity contribution is 7.21. The molecule has 6 heteroatoms.